The molecule has 0 aromatic heterocycles. The molecule has 0 unspecified atom stereocenters. The zero-order chi connectivity index (χ0) is 34.8. The Morgan fingerprint density at radius 1 is 0.787 bits per heavy atom. The van der Waals surface area contributed by atoms with Gasteiger partial charge in [0.15, 0.2) is 25.6 Å². The molecule has 0 heterocycles. The number of carbonyl (C=O) groups excluding carboxylic acids is 5. The summed E-state index contributed by atoms with van der Waals surface area (Å²) in [6.45, 7) is 16.5. The maximum absolute atomic E-state index is 15.0. The van der Waals surface area contributed by atoms with Crippen molar-refractivity contribution in [1.29, 1.82) is 0 Å². The molecular formula is C33H43NO11Si2. The van der Waals surface area contributed by atoms with Crippen molar-refractivity contribution in [1.82, 2.24) is 0 Å². The van der Waals surface area contributed by atoms with Crippen LogP contribution in [0.5, 0.6) is 5.75 Å². The Morgan fingerprint density at radius 2 is 1.36 bits per heavy atom. The summed E-state index contributed by atoms with van der Waals surface area (Å²) in [5.74, 6) is -2.75. The second kappa shape index (κ2) is 14.0. The number of allylic oxidation sites excluding steroid dienone is 1. The van der Waals surface area contributed by atoms with Gasteiger partial charge < -0.3 is 27.8 Å². The van der Waals surface area contributed by atoms with Crippen molar-refractivity contribution < 1.29 is 51.8 Å². The molecule has 254 valence electrons. The Balaban J connectivity index is 2.12. The van der Waals surface area contributed by atoms with Crippen molar-refractivity contribution in [2.45, 2.75) is 72.6 Å². The molecule has 0 spiro atoms. The van der Waals surface area contributed by atoms with Crippen LogP contribution >= 0.6 is 0 Å². The molecule has 0 saturated heterocycles. The summed E-state index contributed by atoms with van der Waals surface area (Å²) in [6.07, 6.45) is -2.27. The third-order valence-corrected chi connectivity index (χ3v) is 9.18. The zero-order valence-corrected chi connectivity index (χ0v) is 30.4. The molecule has 14 heteroatoms. The zero-order valence-electron chi connectivity index (χ0n) is 28.4. The van der Waals surface area contributed by atoms with E-state index >= 15 is 0 Å². The lowest BCUT2D eigenvalue weighted by molar-refractivity contribution is 0.0516. The van der Waals surface area contributed by atoms with Crippen LogP contribution in [-0.4, -0.2) is 72.5 Å². The molecule has 0 saturated carbocycles. The summed E-state index contributed by atoms with van der Waals surface area (Å²) in [6, 6.07) is 6.37. The Labute approximate surface area is 276 Å². The average molecular weight is 686 g/mol. The van der Waals surface area contributed by atoms with E-state index in [1.54, 1.807) is 51.1 Å². The van der Waals surface area contributed by atoms with Gasteiger partial charge in [-0.15, -0.1) is 0 Å². The summed E-state index contributed by atoms with van der Waals surface area (Å²) in [7, 11) is -4.47. The molecule has 4 rings (SSSR count). The topological polar surface area (TPSA) is 144 Å². The number of nitrogens with zero attached hydrogens (tertiary/aromatic N) is 1. The predicted molar refractivity (Wildman–Crippen MR) is 179 cm³/mol. The van der Waals surface area contributed by atoms with Crippen LogP contribution in [0.4, 0.5) is 20.1 Å². The standard InChI is InChI=1S/C33H43NO11Si2/c1-10-40-31(37)34(32(38)41-11-2)27-20-15-13-14-16-21(20)30(43-33(39)42-12-3)26-25(27)29(36)24-22(28(26)35)17-19(44-46(4,5)6)18-23(24)45-47(7,8)9/h13-16,18,22-24H,10-12,17H2,1-9H3/t22-,23+,24-/m1/s1. The first-order valence-corrected chi connectivity index (χ1v) is 22.6. The van der Waals surface area contributed by atoms with Gasteiger partial charge in [-0.3, -0.25) is 9.59 Å². The van der Waals surface area contributed by atoms with E-state index in [2.05, 4.69) is 0 Å². The van der Waals surface area contributed by atoms with Gasteiger partial charge in [-0.05, 0) is 66.1 Å². The molecule has 2 aliphatic carbocycles. The molecule has 0 aliphatic heterocycles. The molecular weight excluding hydrogens is 643 g/mol. The highest BCUT2D eigenvalue weighted by Gasteiger charge is 2.53. The SMILES string of the molecule is CCOC(=O)Oc1c2c(c(N(C(=O)OCC)C(=O)OCC)c3ccccc13)C(=O)[C@H]1[C@@H](O[Si](C)(C)C)C=C(O[Si](C)(C)C)C[C@H]1C2=O. The van der Waals surface area contributed by atoms with Gasteiger partial charge in [0.2, 0.25) is 8.32 Å². The van der Waals surface area contributed by atoms with Gasteiger partial charge in [0, 0.05) is 23.1 Å². The number of Topliss-reactive ketones (excluding diaryl/α,β-unsaturated/α-hetero) is 2. The van der Waals surface area contributed by atoms with Crippen LogP contribution < -0.4 is 9.64 Å². The number of hydrogen-bond acceptors (Lipinski definition) is 11. The molecule has 0 N–H and O–H groups in total. The number of amides is 2. The molecule has 2 aromatic carbocycles. The second-order valence-corrected chi connectivity index (χ2v) is 22.0. The molecule has 0 fully saturated rings. The molecule has 3 atom stereocenters. The predicted octanol–water partition coefficient (Wildman–Crippen LogP) is 7.47. The highest BCUT2D eigenvalue weighted by molar-refractivity contribution is 6.70. The lowest BCUT2D eigenvalue weighted by atomic mass is 9.66. The first-order valence-electron chi connectivity index (χ1n) is 15.8. The lowest BCUT2D eigenvalue weighted by Crippen LogP contribution is -2.50. The number of ketones is 2. The summed E-state index contributed by atoms with van der Waals surface area (Å²) in [4.78, 5) is 70.2. The van der Waals surface area contributed by atoms with Gasteiger partial charge in [-0.2, -0.15) is 4.90 Å². The monoisotopic (exact) mass is 685 g/mol. The largest absolute Gasteiger partial charge is 0.547 e. The van der Waals surface area contributed by atoms with E-state index < -0.39 is 64.5 Å². The van der Waals surface area contributed by atoms with Gasteiger partial charge in [0.05, 0.1) is 54.4 Å². The van der Waals surface area contributed by atoms with Crippen LogP contribution in [0.15, 0.2) is 36.1 Å². The van der Waals surface area contributed by atoms with Gasteiger partial charge in [0.25, 0.3) is 0 Å². The minimum absolute atomic E-state index is 0.00793. The molecule has 2 aliphatic rings. The Bertz CT molecular complexity index is 1600. The van der Waals surface area contributed by atoms with Crippen molar-refractivity contribution in [3.8, 4) is 5.75 Å². The number of carbonyl (C=O) groups is 5. The van der Waals surface area contributed by atoms with Crippen molar-refractivity contribution in [3.63, 3.8) is 0 Å². The summed E-state index contributed by atoms with van der Waals surface area (Å²) < 4.78 is 34.1. The van der Waals surface area contributed by atoms with Gasteiger partial charge >= 0.3 is 18.3 Å². The fourth-order valence-electron chi connectivity index (χ4n) is 5.92. The van der Waals surface area contributed by atoms with E-state index in [9.17, 15) is 24.0 Å². The molecule has 0 radical (unpaired) electrons. The number of anilines is 1. The lowest BCUT2D eigenvalue weighted by Gasteiger charge is -2.42. The first-order chi connectivity index (χ1) is 22.0. The summed E-state index contributed by atoms with van der Waals surface area (Å²) in [5.41, 5.74) is -0.736. The van der Waals surface area contributed by atoms with Crippen molar-refractivity contribution in [2.75, 3.05) is 24.7 Å². The van der Waals surface area contributed by atoms with E-state index in [4.69, 9.17) is 27.8 Å². The summed E-state index contributed by atoms with van der Waals surface area (Å²) >= 11 is 0. The third kappa shape index (κ3) is 7.60. The normalized spacial score (nSPS) is 19.3. The number of fused-ring (bicyclic) bond motifs is 3. The van der Waals surface area contributed by atoms with Crippen LogP contribution in [0.2, 0.25) is 39.3 Å². The van der Waals surface area contributed by atoms with Crippen LogP contribution in [0.25, 0.3) is 10.8 Å². The van der Waals surface area contributed by atoms with E-state index in [0.717, 1.165) is 0 Å². The number of benzene rings is 2. The molecule has 2 amide bonds. The molecule has 0 bridgehead atoms. The van der Waals surface area contributed by atoms with Crippen molar-refractivity contribution in [3.05, 3.63) is 47.2 Å². The van der Waals surface area contributed by atoms with E-state index in [1.165, 1.54) is 0 Å². The van der Waals surface area contributed by atoms with Crippen molar-refractivity contribution in [2.24, 2.45) is 11.8 Å². The molecule has 47 heavy (non-hydrogen) atoms. The smallest absolute Gasteiger partial charge is 0.513 e. The Kier molecular flexibility index (Phi) is 10.7. The molecule has 12 nitrogen and oxygen atoms in total. The Hall–Kier alpha value is -4.02. The van der Waals surface area contributed by atoms with Gasteiger partial charge in [-0.1, -0.05) is 24.3 Å². The van der Waals surface area contributed by atoms with E-state index in [0.29, 0.717) is 10.7 Å². The maximum atomic E-state index is 15.0. The molecule has 2 aromatic rings. The highest BCUT2D eigenvalue weighted by atomic mass is 28.4. The average Bonchev–Trinajstić information content (AvgIpc) is 2.95. The number of hydrogen-bond donors (Lipinski definition) is 0. The van der Waals surface area contributed by atoms with Gasteiger partial charge in [0.1, 0.15) is 0 Å². The number of ether oxygens (including phenoxy) is 4. The minimum atomic E-state index is -2.33. The van der Waals surface area contributed by atoms with Gasteiger partial charge in [-0.25, -0.2) is 14.4 Å². The minimum Gasteiger partial charge on any atom is -0.547 e. The quantitative estimate of drug-likeness (QED) is 0.112. The van der Waals surface area contributed by atoms with Crippen LogP contribution in [0.3, 0.4) is 0 Å². The number of rotatable bonds is 9. The van der Waals surface area contributed by atoms with Crippen LogP contribution in [0.1, 0.15) is 47.9 Å². The second-order valence-electron chi connectivity index (χ2n) is 13.1. The summed E-state index contributed by atoms with van der Waals surface area (Å²) in [5, 5.41) is 0.357. The Morgan fingerprint density at radius 3 is 1.89 bits per heavy atom. The van der Waals surface area contributed by atoms with Crippen LogP contribution in [-0.2, 0) is 23.1 Å². The fourth-order valence-corrected chi connectivity index (χ4v) is 7.89. The van der Waals surface area contributed by atoms with E-state index in [-0.39, 0.29) is 59.6 Å². The third-order valence-electron chi connectivity index (χ3n) is 7.33. The highest BCUT2D eigenvalue weighted by Crippen LogP contribution is 2.51. The van der Waals surface area contributed by atoms with Crippen molar-refractivity contribution >= 4 is 63.0 Å². The fraction of sp³-hybridized carbons (Fsp3) is 0.485. The van der Waals surface area contributed by atoms with E-state index in [1.807, 2.05) is 39.3 Å². The number of imide groups is 1. The first kappa shape index (κ1) is 35.8. The maximum Gasteiger partial charge on any atom is 0.513 e. The van der Waals surface area contributed by atoms with Crippen LogP contribution in [0, 0.1) is 11.8 Å².